The van der Waals surface area contributed by atoms with Crippen molar-refractivity contribution in [1.29, 1.82) is 0 Å². The Morgan fingerprint density at radius 3 is 2.58 bits per heavy atom. The summed E-state index contributed by atoms with van der Waals surface area (Å²) >= 11 is 5.97. The van der Waals surface area contributed by atoms with Gasteiger partial charge in [-0.05, 0) is 36.4 Å². The molecule has 5 heteroatoms. The van der Waals surface area contributed by atoms with E-state index in [4.69, 9.17) is 20.9 Å². The maximum absolute atomic E-state index is 9.53. The molecule has 0 spiro atoms. The Hall–Kier alpha value is -2.20. The van der Waals surface area contributed by atoms with Crippen LogP contribution in [0.15, 0.2) is 40.9 Å². The van der Waals surface area contributed by atoms with Gasteiger partial charge in [-0.15, -0.1) is 0 Å². The summed E-state index contributed by atoms with van der Waals surface area (Å²) < 4.78 is 10.3. The Labute approximate surface area is 114 Å². The summed E-state index contributed by atoms with van der Waals surface area (Å²) in [6, 6.07) is 10.7. The second kappa shape index (κ2) is 4.48. The largest absolute Gasteiger partial charge is 0.506 e. The van der Waals surface area contributed by atoms with Crippen molar-refractivity contribution in [3.63, 3.8) is 0 Å². The number of aromatic nitrogens is 1. The fourth-order valence-electron chi connectivity index (χ4n) is 1.92. The lowest BCUT2D eigenvalue weighted by molar-refractivity contribution is 0.415. The highest BCUT2D eigenvalue weighted by atomic mass is 35.5. The van der Waals surface area contributed by atoms with Gasteiger partial charge in [0.05, 0.1) is 12.5 Å². The number of aromatic hydroxyl groups is 1. The van der Waals surface area contributed by atoms with Crippen LogP contribution in [-0.2, 0) is 0 Å². The minimum atomic E-state index is -0.0217. The Morgan fingerprint density at radius 1 is 1.16 bits per heavy atom. The van der Waals surface area contributed by atoms with Gasteiger partial charge in [-0.2, -0.15) is 0 Å². The standard InChI is InChI=1S/C14H10ClNO3/c1-18-9-4-2-8(3-5-9)13-10-6-7-11(17)12(15)14(10)19-16-13/h2-7,17H,1H3. The first-order valence-electron chi connectivity index (χ1n) is 5.62. The molecule has 2 aromatic carbocycles. The molecule has 0 aliphatic carbocycles. The number of hydrogen-bond donors (Lipinski definition) is 1. The van der Waals surface area contributed by atoms with Crippen molar-refractivity contribution in [2.75, 3.05) is 7.11 Å². The third kappa shape index (κ3) is 1.90. The summed E-state index contributed by atoms with van der Waals surface area (Å²) in [5, 5.41) is 14.5. The van der Waals surface area contributed by atoms with Crippen LogP contribution in [0.25, 0.3) is 22.2 Å². The molecule has 19 heavy (non-hydrogen) atoms. The fourth-order valence-corrected chi connectivity index (χ4v) is 2.12. The zero-order valence-electron chi connectivity index (χ0n) is 10.1. The van der Waals surface area contributed by atoms with Gasteiger partial charge in [-0.3, -0.25) is 0 Å². The van der Waals surface area contributed by atoms with E-state index in [2.05, 4.69) is 5.16 Å². The third-order valence-corrected chi connectivity index (χ3v) is 3.29. The average Bonchev–Trinajstić information content (AvgIpc) is 2.87. The molecule has 1 N–H and O–H groups in total. The molecule has 1 heterocycles. The van der Waals surface area contributed by atoms with Gasteiger partial charge in [-0.25, -0.2) is 0 Å². The molecule has 0 saturated heterocycles. The molecule has 0 aliphatic rings. The molecule has 0 saturated carbocycles. The normalized spacial score (nSPS) is 10.8. The molecule has 1 aromatic heterocycles. The van der Waals surface area contributed by atoms with E-state index in [0.29, 0.717) is 11.3 Å². The molecule has 0 fully saturated rings. The molecule has 3 rings (SSSR count). The zero-order valence-corrected chi connectivity index (χ0v) is 10.8. The summed E-state index contributed by atoms with van der Waals surface area (Å²) in [5.74, 6) is 0.749. The van der Waals surface area contributed by atoms with Gasteiger partial charge in [0.2, 0.25) is 0 Å². The predicted molar refractivity (Wildman–Crippen MR) is 72.7 cm³/mol. The minimum absolute atomic E-state index is 0.0217. The zero-order chi connectivity index (χ0) is 13.4. The molecule has 4 nitrogen and oxygen atoms in total. The van der Waals surface area contributed by atoms with Crippen molar-refractivity contribution in [2.24, 2.45) is 0 Å². The number of benzene rings is 2. The molecule has 0 atom stereocenters. The van der Waals surface area contributed by atoms with Gasteiger partial charge < -0.3 is 14.4 Å². The van der Waals surface area contributed by atoms with Crippen molar-refractivity contribution in [3.8, 4) is 22.8 Å². The van der Waals surface area contributed by atoms with Crippen LogP contribution in [-0.4, -0.2) is 17.4 Å². The lowest BCUT2D eigenvalue weighted by atomic mass is 10.1. The van der Waals surface area contributed by atoms with Gasteiger partial charge in [0.1, 0.15) is 22.2 Å². The van der Waals surface area contributed by atoms with E-state index in [1.165, 1.54) is 6.07 Å². The van der Waals surface area contributed by atoms with Crippen LogP contribution in [0, 0.1) is 0 Å². The Morgan fingerprint density at radius 2 is 1.89 bits per heavy atom. The third-order valence-electron chi connectivity index (χ3n) is 2.92. The van der Waals surface area contributed by atoms with E-state index >= 15 is 0 Å². The monoisotopic (exact) mass is 275 g/mol. The second-order valence-corrected chi connectivity index (χ2v) is 4.41. The van der Waals surface area contributed by atoms with Gasteiger partial charge >= 0.3 is 0 Å². The number of hydrogen-bond acceptors (Lipinski definition) is 4. The topological polar surface area (TPSA) is 55.5 Å². The molecule has 0 unspecified atom stereocenters. The quantitative estimate of drug-likeness (QED) is 0.771. The number of nitrogens with zero attached hydrogens (tertiary/aromatic N) is 1. The highest BCUT2D eigenvalue weighted by molar-refractivity contribution is 6.36. The van der Waals surface area contributed by atoms with Crippen molar-refractivity contribution in [1.82, 2.24) is 5.16 Å². The highest BCUT2D eigenvalue weighted by Crippen LogP contribution is 2.36. The average molecular weight is 276 g/mol. The number of rotatable bonds is 2. The van der Waals surface area contributed by atoms with E-state index in [-0.39, 0.29) is 10.8 Å². The molecular formula is C14H10ClNO3. The van der Waals surface area contributed by atoms with E-state index < -0.39 is 0 Å². The summed E-state index contributed by atoms with van der Waals surface area (Å²) in [6.07, 6.45) is 0. The molecular weight excluding hydrogens is 266 g/mol. The Balaban J connectivity index is 2.17. The lowest BCUT2D eigenvalue weighted by Gasteiger charge is -2.01. The van der Waals surface area contributed by atoms with E-state index in [1.54, 1.807) is 13.2 Å². The van der Waals surface area contributed by atoms with E-state index in [1.807, 2.05) is 24.3 Å². The maximum Gasteiger partial charge on any atom is 0.189 e. The SMILES string of the molecule is COc1ccc(-c2noc3c(Cl)c(O)ccc23)cc1. The molecule has 0 bridgehead atoms. The summed E-state index contributed by atoms with van der Waals surface area (Å²) in [6.45, 7) is 0. The van der Waals surface area contributed by atoms with Crippen molar-refractivity contribution in [3.05, 3.63) is 41.4 Å². The van der Waals surface area contributed by atoms with Crippen LogP contribution in [0.2, 0.25) is 5.02 Å². The lowest BCUT2D eigenvalue weighted by Crippen LogP contribution is -1.83. The van der Waals surface area contributed by atoms with Crippen LogP contribution >= 0.6 is 11.6 Å². The number of fused-ring (bicyclic) bond motifs is 1. The van der Waals surface area contributed by atoms with Gasteiger partial charge in [-0.1, -0.05) is 16.8 Å². The molecule has 0 aliphatic heterocycles. The number of phenolic OH excluding ortho intramolecular Hbond substituents is 1. The summed E-state index contributed by atoms with van der Waals surface area (Å²) in [7, 11) is 1.61. The number of phenols is 1. The molecule has 96 valence electrons. The highest BCUT2D eigenvalue weighted by Gasteiger charge is 2.15. The van der Waals surface area contributed by atoms with Gasteiger partial charge in [0.25, 0.3) is 0 Å². The smallest absolute Gasteiger partial charge is 0.189 e. The molecule has 0 radical (unpaired) electrons. The first-order chi connectivity index (χ1) is 9.20. The first kappa shape index (κ1) is 11.9. The van der Waals surface area contributed by atoms with E-state index in [9.17, 15) is 5.11 Å². The summed E-state index contributed by atoms with van der Waals surface area (Å²) in [5.41, 5.74) is 1.95. The molecule has 3 aromatic rings. The van der Waals surface area contributed by atoms with Gasteiger partial charge in [0.15, 0.2) is 5.58 Å². The Bertz CT molecular complexity index is 734. The number of ether oxygens (including phenoxy) is 1. The fraction of sp³-hybridized carbons (Fsp3) is 0.0714. The van der Waals surface area contributed by atoms with Crippen molar-refractivity contribution in [2.45, 2.75) is 0 Å². The van der Waals surface area contributed by atoms with Crippen LogP contribution in [0.4, 0.5) is 0 Å². The van der Waals surface area contributed by atoms with Crippen LogP contribution in [0.5, 0.6) is 11.5 Å². The van der Waals surface area contributed by atoms with Crippen LogP contribution in [0.1, 0.15) is 0 Å². The van der Waals surface area contributed by atoms with Crippen molar-refractivity contribution < 1.29 is 14.4 Å². The number of halogens is 1. The number of methoxy groups -OCH3 is 1. The predicted octanol–water partition coefficient (Wildman–Crippen LogP) is 3.86. The Kier molecular flexibility index (Phi) is 2.80. The molecule has 0 amide bonds. The summed E-state index contributed by atoms with van der Waals surface area (Å²) in [4.78, 5) is 0. The second-order valence-electron chi connectivity index (χ2n) is 4.04. The van der Waals surface area contributed by atoms with Crippen LogP contribution in [0.3, 0.4) is 0 Å². The first-order valence-corrected chi connectivity index (χ1v) is 6.00. The maximum atomic E-state index is 9.53. The van der Waals surface area contributed by atoms with Crippen molar-refractivity contribution >= 4 is 22.6 Å². The van der Waals surface area contributed by atoms with E-state index in [0.717, 1.165) is 16.7 Å². The minimum Gasteiger partial charge on any atom is -0.506 e. The van der Waals surface area contributed by atoms with Crippen LogP contribution < -0.4 is 4.74 Å². The van der Waals surface area contributed by atoms with Gasteiger partial charge in [0, 0.05) is 5.56 Å².